The van der Waals surface area contributed by atoms with Gasteiger partial charge in [0.15, 0.2) is 0 Å². The van der Waals surface area contributed by atoms with Crippen LogP contribution in [0.15, 0.2) is 36.4 Å². The number of hydrogen-bond acceptors (Lipinski definition) is 3. The maximum Gasteiger partial charge on any atom is 0.251 e. The van der Waals surface area contributed by atoms with E-state index in [0.29, 0.717) is 11.3 Å². The summed E-state index contributed by atoms with van der Waals surface area (Å²) in [6, 6.07) is 7.96. The minimum atomic E-state index is -1.21. The van der Waals surface area contributed by atoms with E-state index in [0.717, 1.165) is 12.1 Å². The monoisotopic (exact) mass is 320 g/mol. The molecule has 0 heterocycles. The molecule has 0 atom stereocenters. The van der Waals surface area contributed by atoms with Gasteiger partial charge in [0.25, 0.3) is 5.91 Å². The van der Waals surface area contributed by atoms with Crippen molar-refractivity contribution in [3.8, 4) is 0 Å². The maximum absolute atomic E-state index is 13.5. The summed E-state index contributed by atoms with van der Waals surface area (Å²) in [5, 5.41) is 12.5. The molecule has 0 spiro atoms. The van der Waals surface area contributed by atoms with Gasteiger partial charge in [0.1, 0.15) is 11.6 Å². The summed E-state index contributed by atoms with van der Waals surface area (Å²) in [4.78, 5) is 12.2. The number of rotatable bonds is 4. The molecule has 0 saturated carbocycles. The third kappa shape index (κ3) is 3.84. The lowest BCUT2D eigenvalue weighted by atomic mass is 9.94. The van der Waals surface area contributed by atoms with E-state index in [9.17, 15) is 18.7 Å². The number of benzene rings is 2. The molecule has 6 heteroatoms. The van der Waals surface area contributed by atoms with Crippen molar-refractivity contribution in [2.45, 2.75) is 26.0 Å². The Balaban J connectivity index is 2.19. The summed E-state index contributed by atoms with van der Waals surface area (Å²) >= 11 is 0. The number of anilines is 1. The molecule has 0 unspecified atom stereocenters. The predicted octanol–water partition coefficient (Wildman–Crippen LogP) is 2.70. The highest BCUT2D eigenvalue weighted by atomic mass is 19.1. The Hall–Kier alpha value is -2.47. The van der Waals surface area contributed by atoms with E-state index in [1.165, 1.54) is 24.3 Å². The SMILES string of the molecule is CC(C)(O)c1cc(C(=O)NCc2c(F)cccc2F)ccc1N. The fourth-order valence-electron chi connectivity index (χ4n) is 2.20. The van der Waals surface area contributed by atoms with Gasteiger partial charge in [-0.25, -0.2) is 8.78 Å². The van der Waals surface area contributed by atoms with E-state index in [-0.39, 0.29) is 17.7 Å². The molecule has 0 saturated heterocycles. The van der Waals surface area contributed by atoms with Crippen molar-refractivity contribution in [1.29, 1.82) is 0 Å². The molecule has 2 aromatic rings. The number of nitrogens with two attached hydrogens (primary N) is 1. The number of hydrogen-bond donors (Lipinski definition) is 3. The summed E-state index contributed by atoms with van der Waals surface area (Å²) in [5.41, 5.74) is 5.37. The number of nitrogens with one attached hydrogen (secondary N) is 1. The molecule has 0 aliphatic carbocycles. The fraction of sp³-hybridized carbons (Fsp3) is 0.235. The first-order valence-electron chi connectivity index (χ1n) is 7.03. The Labute approximate surface area is 132 Å². The number of carbonyl (C=O) groups excluding carboxylic acids is 1. The summed E-state index contributed by atoms with van der Waals surface area (Å²) in [6.07, 6.45) is 0. The minimum Gasteiger partial charge on any atom is -0.398 e. The molecule has 23 heavy (non-hydrogen) atoms. The van der Waals surface area contributed by atoms with Gasteiger partial charge in [-0.1, -0.05) is 6.07 Å². The average Bonchev–Trinajstić information content (AvgIpc) is 2.45. The van der Waals surface area contributed by atoms with Gasteiger partial charge < -0.3 is 16.2 Å². The van der Waals surface area contributed by atoms with E-state index in [4.69, 9.17) is 5.73 Å². The Kier molecular flexibility index (Phi) is 4.65. The van der Waals surface area contributed by atoms with Crippen LogP contribution in [0.5, 0.6) is 0 Å². The van der Waals surface area contributed by atoms with Gasteiger partial charge in [-0.3, -0.25) is 4.79 Å². The number of carbonyl (C=O) groups is 1. The van der Waals surface area contributed by atoms with Crippen molar-refractivity contribution in [3.05, 3.63) is 64.7 Å². The third-order valence-electron chi connectivity index (χ3n) is 3.46. The first-order valence-corrected chi connectivity index (χ1v) is 7.03. The third-order valence-corrected chi connectivity index (χ3v) is 3.46. The zero-order valence-electron chi connectivity index (χ0n) is 12.9. The highest BCUT2D eigenvalue weighted by molar-refractivity contribution is 5.94. The second-order valence-electron chi connectivity index (χ2n) is 5.74. The van der Waals surface area contributed by atoms with E-state index in [2.05, 4.69) is 5.32 Å². The van der Waals surface area contributed by atoms with Crippen LogP contribution in [0.2, 0.25) is 0 Å². The Morgan fingerprint density at radius 1 is 1.22 bits per heavy atom. The largest absolute Gasteiger partial charge is 0.398 e. The van der Waals surface area contributed by atoms with Crippen LogP contribution in [-0.4, -0.2) is 11.0 Å². The van der Waals surface area contributed by atoms with E-state index >= 15 is 0 Å². The van der Waals surface area contributed by atoms with Crippen molar-refractivity contribution < 1.29 is 18.7 Å². The Bertz CT molecular complexity index is 720. The second-order valence-corrected chi connectivity index (χ2v) is 5.74. The zero-order valence-corrected chi connectivity index (χ0v) is 12.9. The van der Waals surface area contributed by atoms with Crippen LogP contribution in [0.4, 0.5) is 14.5 Å². The summed E-state index contributed by atoms with van der Waals surface area (Å²) < 4.78 is 27.1. The van der Waals surface area contributed by atoms with Crippen LogP contribution in [0, 0.1) is 11.6 Å². The Morgan fingerprint density at radius 3 is 2.39 bits per heavy atom. The molecule has 0 aromatic heterocycles. The van der Waals surface area contributed by atoms with Gasteiger partial charge in [0, 0.05) is 28.9 Å². The molecule has 0 aliphatic heterocycles. The van der Waals surface area contributed by atoms with E-state index in [1.807, 2.05) is 0 Å². The van der Waals surface area contributed by atoms with Crippen LogP contribution in [-0.2, 0) is 12.1 Å². The van der Waals surface area contributed by atoms with Gasteiger partial charge in [0.2, 0.25) is 0 Å². The lowest BCUT2D eigenvalue weighted by Gasteiger charge is -2.20. The molecular weight excluding hydrogens is 302 g/mol. The maximum atomic E-state index is 13.5. The zero-order chi connectivity index (χ0) is 17.2. The molecule has 4 N–H and O–H groups in total. The molecule has 2 rings (SSSR count). The van der Waals surface area contributed by atoms with Gasteiger partial charge in [-0.15, -0.1) is 0 Å². The normalized spacial score (nSPS) is 11.3. The molecule has 1 amide bonds. The Morgan fingerprint density at radius 2 is 1.83 bits per heavy atom. The molecule has 2 aromatic carbocycles. The summed E-state index contributed by atoms with van der Waals surface area (Å²) in [7, 11) is 0. The molecule has 0 radical (unpaired) electrons. The quantitative estimate of drug-likeness (QED) is 0.758. The van der Waals surface area contributed by atoms with Crippen LogP contribution >= 0.6 is 0 Å². The summed E-state index contributed by atoms with van der Waals surface area (Å²) in [6.45, 7) is 2.82. The number of nitrogen functional groups attached to an aromatic ring is 1. The van der Waals surface area contributed by atoms with Crippen molar-refractivity contribution >= 4 is 11.6 Å². The van der Waals surface area contributed by atoms with Crippen molar-refractivity contribution in [2.75, 3.05) is 5.73 Å². The first kappa shape index (κ1) is 16.9. The van der Waals surface area contributed by atoms with Crippen molar-refractivity contribution in [3.63, 3.8) is 0 Å². The number of amides is 1. The molecule has 0 aliphatic rings. The van der Waals surface area contributed by atoms with Crippen LogP contribution in [0.25, 0.3) is 0 Å². The van der Waals surface area contributed by atoms with Crippen molar-refractivity contribution in [1.82, 2.24) is 5.32 Å². The van der Waals surface area contributed by atoms with Crippen LogP contribution in [0.3, 0.4) is 0 Å². The van der Waals surface area contributed by atoms with Gasteiger partial charge in [0.05, 0.1) is 5.60 Å². The van der Waals surface area contributed by atoms with Crippen LogP contribution < -0.4 is 11.1 Å². The lowest BCUT2D eigenvalue weighted by Crippen LogP contribution is -2.25. The highest BCUT2D eigenvalue weighted by Gasteiger charge is 2.21. The molecule has 122 valence electrons. The molecule has 0 fully saturated rings. The molecule has 4 nitrogen and oxygen atoms in total. The average molecular weight is 320 g/mol. The van der Waals surface area contributed by atoms with Gasteiger partial charge in [-0.2, -0.15) is 0 Å². The molecular formula is C17H18F2N2O2. The summed E-state index contributed by atoms with van der Waals surface area (Å²) in [5.74, 6) is -1.96. The smallest absolute Gasteiger partial charge is 0.251 e. The standard InChI is InChI=1S/C17H18F2N2O2/c1-17(2,23)12-8-10(6-7-15(12)20)16(22)21-9-11-13(18)4-3-5-14(11)19/h3-8,23H,9,20H2,1-2H3,(H,21,22). The lowest BCUT2D eigenvalue weighted by molar-refractivity contribution is 0.0792. The van der Waals surface area contributed by atoms with Gasteiger partial charge in [-0.05, 0) is 44.2 Å². The molecule has 0 bridgehead atoms. The van der Waals surface area contributed by atoms with E-state index in [1.54, 1.807) is 13.8 Å². The number of aliphatic hydroxyl groups is 1. The van der Waals surface area contributed by atoms with Crippen LogP contribution in [0.1, 0.15) is 35.3 Å². The fourth-order valence-corrected chi connectivity index (χ4v) is 2.20. The van der Waals surface area contributed by atoms with Gasteiger partial charge >= 0.3 is 0 Å². The van der Waals surface area contributed by atoms with Crippen molar-refractivity contribution in [2.24, 2.45) is 0 Å². The topological polar surface area (TPSA) is 75.3 Å². The number of halogens is 2. The predicted molar refractivity (Wildman–Crippen MR) is 83.6 cm³/mol. The first-order chi connectivity index (χ1) is 10.7. The van der Waals surface area contributed by atoms with E-state index < -0.39 is 23.1 Å². The minimum absolute atomic E-state index is 0.209. The highest BCUT2D eigenvalue weighted by Crippen LogP contribution is 2.26. The second kappa shape index (κ2) is 6.34.